The molecule has 0 atom stereocenters. The van der Waals surface area contributed by atoms with Crippen molar-refractivity contribution in [2.75, 3.05) is 0 Å². The number of hydrogen-bond donors (Lipinski definition) is 0. The second kappa shape index (κ2) is 4.36. The zero-order valence-corrected chi connectivity index (χ0v) is 7.21. The van der Waals surface area contributed by atoms with E-state index in [0.29, 0.717) is 5.03 Å². The van der Waals surface area contributed by atoms with Crippen LogP contribution in [0.4, 0.5) is 13.2 Å². The average Bonchev–Trinajstić information content (AvgIpc) is 1.85. The molecule has 0 unspecified atom stereocenters. The Balaban J connectivity index is 4.68. The lowest BCUT2D eigenvalue weighted by Gasteiger charge is -2.05. The Morgan fingerprint density at radius 1 is 1.33 bits per heavy atom. The topological polar surface area (TPSA) is 0 Å². The van der Waals surface area contributed by atoms with E-state index in [4.69, 9.17) is 11.6 Å². The van der Waals surface area contributed by atoms with Crippen LogP contribution in [0.25, 0.3) is 0 Å². The molecule has 0 aliphatic heterocycles. The summed E-state index contributed by atoms with van der Waals surface area (Å²) in [5.41, 5.74) is -0.803. The maximum absolute atomic E-state index is 12.0. The predicted octanol–water partition coefficient (Wildman–Crippen LogP) is 3.80. The molecule has 68 valence electrons. The van der Waals surface area contributed by atoms with Crippen LogP contribution in [0.5, 0.6) is 0 Å². The average molecular weight is 197 g/mol. The van der Waals surface area contributed by atoms with Gasteiger partial charge in [0.2, 0.25) is 0 Å². The van der Waals surface area contributed by atoms with E-state index in [9.17, 15) is 13.2 Å². The first-order chi connectivity index (χ1) is 5.38. The molecule has 0 aliphatic rings. The van der Waals surface area contributed by atoms with Gasteiger partial charge in [-0.15, -0.1) is 0 Å². The molecule has 0 N–H and O–H groups in total. The molecule has 0 aromatic heterocycles. The Morgan fingerprint density at radius 3 is 2.08 bits per heavy atom. The molecular formula is C8H8ClF3. The molecule has 4 heteroatoms. The first kappa shape index (κ1) is 11.3. The van der Waals surface area contributed by atoms with Gasteiger partial charge in [0.1, 0.15) is 0 Å². The zero-order valence-electron chi connectivity index (χ0n) is 6.45. The number of alkyl halides is 3. The Hall–Kier alpha value is -0.700. The molecule has 0 bridgehead atoms. The lowest BCUT2D eigenvalue weighted by molar-refractivity contribution is -0.0881. The number of halogens is 4. The van der Waals surface area contributed by atoms with E-state index in [1.165, 1.54) is 13.0 Å². The normalized spacial score (nSPS) is 14.8. The fraction of sp³-hybridized carbons (Fsp3) is 0.250. The number of allylic oxidation sites excluding steroid dienone is 5. The van der Waals surface area contributed by atoms with Crippen LogP contribution >= 0.6 is 11.6 Å². The molecule has 0 saturated carbocycles. The van der Waals surface area contributed by atoms with Crippen molar-refractivity contribution < 1.29 is 13.2 Å². The van der Waals surface area contributed by atoms with Crippen molar-refractivity contribution in [3.8, 4) is 0 Å². The van der Waals surface area contributed by atoms with Crippen molar-refractivity contribution in [1.82, 2.24) is 0 Å². The van der Waals surface area contributed by atoms with Crippen molar-refractivity contribution in [3.63, 3.8) is 0 Å². The van der Waals surface area contributed by atoms with E-state index in [1.54, 1.807) is 0 Å². The summed E-state index contributed by atoms with van der Waals surface area (Å²) in [4.78, 5) is 0. The third-order valence-corrected chi connectivity index (χ3v) is 1.17. The van der Waals surface area contributed by atoms with E-state index in [0.717, 1.165) is 12.2 Å². The molecule has 0 saturated heterocycles. The minimum Gasteiger partial charge on any atom is -0.166 e. The highest BCUT2D eigenvalue weighted by Gasteiger charge is 2.30. The lowest BCUT2D eigenvalue weighted by atomic mass is 10.2. The van der Waals surface area contributed by atoms with Gasteiger partial charge < -0.3 is 0 Å². The Labute approximate surface area is 74.0 Å². The Morgan fingerprint density at radius 2 is 1.83 bits per heavy atom. The first-order valence-corrected chi connectivity index (χ1v) is 3.49. The molecule has 12 heavy (non-hydrogen) atoms. The molecule has 0 radical (unpaired) electrons. The summed E-state index contributed by atoms with van der Waals surface area (Å²) in [6.07, 6.45) is -1.55. The van der Waals surface area contributed by atoms with Crippen LogP contribution < -0.4 is 0 Å². The highest BCUT2D eigenvalue weighted by molar-refractivity contribution is 6.29. The van der Waals surface area contributed by atoms with E-state index >= 15 is 0 Å². The quantitative estimate of drug-likeness (QED) is 0.590. The maximum Gasteiger partial charge on any atom is 0.416 e. The molecule has 0 aromatic rings. The van der Waals surface area contributed by atoms with E-state index in [-0.39, 0.29) is 0 Å². The van der Waals surface area contributed by atoms with Crippen LogP contribution in [0.2, 0.25) is 0 Å². The number of hydrogen-bond acceptors (Lipinski definition) is 0. The fourth-order valence-electron chi connectivity index (χ4n) is 0.483. The van der Waals surface area contributed by atoms with Gasteiger partial charge >= 0.3 is 6.18 Å². The summed E-state index contributed by atoms with van der Waals surface area (Å²) in [6.45, 7) is 4.54. The third-order valence-electron chi connectivity index (χ3n) is 1.04. The fourth-order valence-corrected chi connectivity index (χ4v) is 0.546. The molecular weight excluding hydrogens is 189 g/mol. The van der Waals surface area contributed by atoms with Crippen LogP contribution in [0, 0.1) is 0 Å². The SMILES string of the molecule is C=C/C(=C\C=C(/C)Cl)C(F)(F)F. The summed E-state index contributed by atoms with van der Waals surface area (Å²) in [5.74, 6) is 0. The zero-order chi connectivity index (χ0) is 9.78. The Bertz CT molecular complexity index is 219. The van der Waals surface area contributed by atoms with Gasteiger partial charge in [0.15, 0.2) is 0 Å². The summed E-state index contributed by atoms with van der Waals surface area (Å²) in [6, 6.07) is 0. The number of rotatable bonds is 2. The maximum atomic E-state index is 12.0. The molecule has 0 rings (SSSR count). The minimum atomic E-state index is -4.36. The van der Waals surface area contributed by atoms with Gasteiger partial charge in [0.25, 0.3) is 0 Å². The van der Waals surface area contributed by atoms with Gasteiger partial charge in [0.05, 0.1) is 5.57 Å². The second-order valence-electron chi connectivity index (χ2n) is 2.08. The highest BCUT2D eigenvalue weighted by atomic mass is 35.5. The van der Waals surface area contributed by atoms with Crippen molar-refractivity contribution in [1.29, 1.82) is 0 Å². The summed E-state index contributed by atoms with van der Waals surface area (Å²) in [5, 5.41) is 0.290. The molecule has 0 nitrogen and oxygen atoms in total. The summed E-state index contributed by atoms with van der Waals surface area (Å²) >= 11 is 5.34. The predicted molar refractivity (Wildman–Crippen MR) is 43.9 cm³/mol. The Kier molecular flexibility index (Phi) is 4.10. The van der Waals surface area contributed by atoms with Crippen LogP contribution in [0.15, 0.2) is 35.4 Å². The van der Waals surface area contributed by atoms with E-state index in [1.807, 2.05) is 0 Å². The highest BCUT2D eigenvalue weighted by Crippen LogP contribution is 2.26. The molecule has 0 aromatic carbocycles. The van der Waals surface area contributed by atoms with Gasteiger partial charge in [-0.1, -0.05) is 24.3 Å². The third kappa shape index (κ3) is 4.23. The van der Waals surface area contributed by atoms with Crippen LogP contribution in [-0.4, -0.2) is 6.18 Å². The van der Waals surface area contributed by atoms with E-state index < -0.39 is 11.7 Å². The molecule has 0 amide bonds. The molecule has 0 spiro atoms. The van der Waals surface area contributed by atoms with Crippen LogP contribution in [-0.2, 0) is 0 Å². The monoisotopic (exact) mass is 196 g/mol. The van der Waals surface area contributed by atoms with Gasteiger partial charge in [-0.25, -0.2) is 0 Å². The van der Waals surface area contributed by atoms with Crippen molar-refractivity contribution in [2.24, 2.45) is 0 Å². The first-order valence-electron chi connectivity index (χ1n) is 3.11. The summed E-state index contributed by atoms with van der Waals surface area (Å²) in [7, 11) is 0. The molecule has 0 heterocycles. The van der Waals surface area contributed by atoms with Crippen LogP contribution in [0.1, 0.15) is 6.92 Å². The van der Waals surface area contributed by atoms with Gasteiger partial charge in [0, 0.05) is 5.03 Å². The van der Waals surface area contributed by atoms with Gasteiger partial charge in [-0.3, -0.25) is 0 Å². The van der Waals surface area contributed by atoms with Crippen molar-refractivity contribution in [3.05, 3.63) is 35.4 Å². The molecule has 0 aliphatic carbocycles. The van der Waals surface area contributed by atoms with Gasteiger partial charge in [-0.05, 0) is 19.1 Å². The smallest absolute Gasteiger partial charge is 0.166 e. The van der Waals surface area contributed by atoms with Crippen molar-refractivity contribution in [2.45, 2.75) is 13.1 Å². The van der Waals surface area contributed by atoms with Crippen LogP contribution in [0.3, 0.4) is 0 Å². The molecule has 0 fully saturated rings. The minimum absolute atomic E-state index is 0.290. The lowest BCUT2D eigenvalue weighted by Crippen LogP contribution is -2.09. The summed E-state index contributed by atoms with van der Waals surface area (Å²) < 4.78 is 35.9. The largest absolute Gasteiger partial charge is 0.416 e. The van der Waals surface area contributed by atoms with E-state index in [2.05, 4.69) is 6.58 Å². The second-order valence-corrected chi connectivity index (χ2v) is 2.67. The van der Waals surface area contributed by atoms with Crippen molar-refractivity contribution >= 4 is 11.6 Å². The standard InChI is InChI=1S/C8H8ClF3/c1-3-7(8(10,11)12)5-4-6(2)9/h3-5H,1H2,2H3/b6-4+,7-5+. The van der Waals surface area contributed by atoms with Gasteiger partial charge in [-0.2, -0.15) is 13.2 Å².